The second-order valence-corrected chi connectivity index (χ2v) is 8.53. The van der Waals surface area contributed by atoms with E-state index in [4.69, 9.17) is 4.74 Å². The molecule has 0 aliphatic heterocycles. The van der Waals surface area contributed by atoms with E-state index in [9.17, 15) is 4.39 Å². The van der Waals surface area contributed by atoms with Crippen LogP contribution in [-0.2, 0) is 5.41 Å². The minimum atomic E-state index is -0.240. The van der Waals surface area contributed by atoms with Crippen LogP contribution in [-0.4, -0.2) is 13.3 Å². The van der Waals surface area contributed by atoms with E-state index in [1.165, 1.54) is 27.8 Å². The molecule has 0 aliphatic carbocycles. The molecule has 0 bridgehead atoms. The summed E-state index contributed by atoms with van der Waals surface area (Å²) in [7, 11) is 0. The molecule has 0 aliphatic rings. The van der Waals surface area contributed by atoms with Gasteiger partial charge in [-0.15, -0.1) is 0 Å². The molecule has 1 nitrogen and oxygen atoms in total. The third-order valence-electron chi connectivity index (χ3n) is 5.20. The quantitative estimate of drug-likeness (QED) is 0.356. The summed E-state index contributed by atoms with van der Waals surface area (Å²) < 4.78 is 17.8. The predicted octanol–water partition coefficient (Wildman–Crippen LogP) is 7.84. The highest BCUT2D eigenvalue weighted by molar-refractivity contribution is 5.70. The van der Waals surface area contributed by atoms with Gasteiger partial charge in [-0.2, -0.15) is 0 Å². The number of benzene rings is 3. The molecule has 3 rings (SSSR count). The molecule has 0 spiro atoms. The summed E-state index contributed by atoms with van der Waals surface area (Å²) >= 11 is 0. The van der Waals surface area contributed by atoms with Crippen molar-refractivity contribution in [2.75, 3.05) is 13.3 Å². The number of ether oxygens (including phenoxy) is 1. The summed E-state index contributed by atoms with van der Waals surface area (Å²) in [6, 6.07) is 25.7. The molecule has 152 valence electrons. The molecule has 2 heteroatoms. The van der Waals surface area contributed by atoms with Gasteiger partial charge in [-0.25, -0.2) is 0 Å². The smallest absolute Gasteiger partial charge is 0.119 e. The van der Waals surface area contributed by atoms with E-state index in [1.807, 2.05) is 12.1 Å². The summed E-state index contributed by atoms with van der Waals surface area (Å²) in [4.78, 5) is 0. The molecular weight excluding hydrogens is 359 g/mol. The maximum atomic E-state index is 12.1. The van der Waals surface area contributed by atoms with Crippen LogP contribution in [0.4, 0.5) is 4.39 Å². The molecule has 0 radical (unpaired) electrons. The second-order valence-electron chi connectivity index (χ2n) is 8.53. The van der Waals surface area contributed by atoms with Crippen molar-refractivity contribution in [3.05, 3.63) is 78.4 Å². The zero-order valence-electron chi connectivity index (χ0n) is 17.7. The van der Waals surface area contributed by atoms with Crippen LogP contribution in [0, 0.1) is 0 Å². The third-order valence-corrected chi connectivity index (χ3v) is 5.20. The topological polar surface area (TPSA) is 9.23 Å². The average molecular weight is 391 g/mol. The van der Waals surface area contributed by atoms with Crippen LogP contribution in [0.25, 0.3) is 22.3 Å². The SMILES string of the molecule is CC(C)(C)c1ccc(-c2ccc(-c3ccc(OCCCCCF)cc3)cc2)cc1. The Morgan fingerprint density at radius 1 is 0.621 bits per heavy atom. The zero-order valence-corrected chi connectivity index (χ0v) is 17.7. The van der Waals surface area contributed by atoms with Gasteiger partial charge in [-0.1, -0.05) is 81.4 Å². The minimum Gasteiger partial charge on any atom is -0.494 e. The van der Waals surface area contributed by atoms with Crippen molar-refractivity contribution in [1.82, 2.24) is 0 Å². The maximum Gasteiger partial charge on any atom is 0.119 e. The number of rotatable bonds is 8. The van der Waals surface area contributed by atoms with E-state index in [0.29, 0.717) is 13.0 Å². The van der Waals surface area contributed by atoms with Gasteiger partial charge < -0.3 is 4.74 Å². The van der Waals surface area contributed by atoms with Gasteiger partial charge in [0, 0.05) is 0 Å². The molecule has 3 aromatic carbocycles. The predicted molar refractivity (Wildman–Crippen MR) is 121 cm³/mol. The Balaban J connectivity index is 1.62. The van der Waals surface area contributed by atoms with Crippen molar-refractivity contribution in [3.63, 3.8) is 0 Å². The van der Waals surface area contributed by atoms with E-state index in [0.717, 1.165) is 18.6 Å². The van der Waals surface area contributed by atoms with E-state index in [2.05, 4.69) is 81.4 Å². The van der Waals surface area contributed by atoms with Crippen LogP contribution in [0.5, 0.6) is 5.75 Å². The Morgan fingerprint density at radius 2 is 1.07 bits per heavy atom. The first kappa shape index (κ1) is 21.1. The van der Waals surface area contributed by atoms with Crippen molar-refractivity contribution in [3.8, 4) is 28.0 Å². The Hall–Kier alpha value is -2.61. The van der Waals surface area contributed by atoms with Gasteiger partial charge in [-0.3, -0.25) is 4.39 Å². The normalized spacial score (nSPS) is 11.4. The summed E-state index contributed by atoms with van der Waals surface area (Å²) in [6.07, 6.45) is 2.39. The van der Waals surface area contributed by atoms with Crippen molar-refractivity contribution >= 4 is 0 Å². The van der Waals surface area contributed by atoms with Gasteiger partial charge in [0.25, 0.3) is 0 Å². The number of halogens is 1. The number of hydrogen-bond acceptors (Lipinski definition) is 1. The van der Waals surface area contributed by atoms with E-state index >= 15 is 0 Å². The lowest BCUT2D eigenvalue weighted by Crippen LogP contribution is -2.10. The van der Waals surface area contributed by atoms with Crippen molar-refractivity contribution < 1.29 is 9.13 Å². The molecule has 0 heterocycles. The van der Waals surface area contributed by atoms with Crippen molar-refractivity contribution in [2.45, 2.75) is 45.4 Å². The molecule has 29 heavy (non-hydrogen) atoms. The first-order valence-electron chi connectivity index (χ1n) is 10.5. The van der Waals surface area contributed by atoms with E-state index < -0.39 is 0 Å². The Kier molecular flexibility index (Phi) is 7.09. The monoisotopic (exact) mass is 390 g/mol. The van der Waals surface area contributed by atoms with Crippen LogP contribution in [0.15, 0.2) is 72.8 Å². The lowest BCUT2D eigenvalue weighted by atomic mass is 9.86. The maximum absolute atomic E-state index is 12.1. The highest BCUT2D eigenvalue weighted by Crippen LogP contribution is 2.28. The summed E-state index contributed by atoms with van der Waals surface area (Å²) in [5.74, 6) is 0.865. The minimum absolute atomic E-state index is 0.173. The van der Waals surface area contributed by atoms with Gasteiger partial charge in [0.2, 0.25) is 0 Å². The molecule has 0 saturated heterocycles. The summed E-state index contributed by atoms with van der Waals surface area (Å²) in [6.45, 7) is 7.11. The van der Waals surface area contributed by atoms with E-state index in [-0.39, 0.29) is 12.1 Å². The first-order chi connectivity index (χ1) is 14.0. The van der Waals surface area contributed by atoms with Gasteiger partial charge >= 0.3 is 0 Å². The van der Waals surface area contributed by atoms with Crippen molar-refractivity contribution in [2.24, 2.45) is 0 Å². The molecule has 0 unspecified atom stereocenters. The molecule has 0 saturated carbocycles. The fraction of sp³-hybridized carbons (Fsp3) is 0.333. The third kappa shape index (κ3) is 5.93. The highest BCUT2D eigenvalue weighted by atomic mass is 19.1. The van der Waals surface area contributed by atoms with Gasteiger partial charge in [0.1, 0.15) is 5.75 Å². The van der Waals surface area contributed by atoms with Gasteiger partial charge in [0.05, 0.1) is 13.3 Å². The van der Waals surface area contributed by atoms with Gasteiger partial charge in [-0.05, 0) is 64.6 Å². The summed E-state index contributed by atoms with van der Waals surface area (Å²) in [5, 5.41) is 0. The van der Waals surface area contributed by atoms with Crippen LogP contribution in [0.3, 0.4) is 0 Å². The Labute approximate surface area is 174 Å². The molecule has 0 atom stereocenters. The Bertz CT molecular complexity index is 872. The summed E-state index contributed by atoms with van der Waals surface area (Å²) in [5.41, 5.74) is 6.34. The number of alkyl halides is 1. The molecular formula is C27H31FO. The lowest BCUT2D eigenvalue weighted by Gasteiger charge is -2.19. The molecule has 0 amide bonds. The average Bonchev–Trinajstić information content (AvgIpc) is 2.74. The standard InChI is InChI=1S/C27H31FO/c1-27(2,3)25-15-11-23(12-16-25)21-7-9-22(10-8-21)24-13-17-26(18-14-24)29-20-6-4-5-19-28/h7-18H,4-6,19-20H2,1-3H3. The van der Waals surface area contributed by atoms with Crippen LogP contribution in [0.2, 0.25) is 0 Å². The molecule has 0 fully saturated rings. The molecule has 3 aromatic rings. The van der Waals surface area contributed by atoms with E-state index in [1.54, 1.807) is 0 Å². The molecule has 0 aromatic heterocycles. The fourth-order valence-electron chi connectivity index (χ4n) is 3.32. The van der Waals surface area contributed by atoms with Crippen LogP contribution in [0.1, 0.15) is 45.6 Å². The first-order valence-corrected chi connectivity index (χ1v) is 10.5. The Morgan fingerprint density at radius 3 is 1.52 bits per heavy atom. The highest BCUT2D eigenvalue weighted by Gasteiger charge is 2.13. The molecule has 0 N–H and O–H groups in total. The second kappa shape index (κ2) is 9.73. The number of hydrogen-bond donors (Lipinski definition) is 0. The zero-order chi connectivity index (χ0) is 20.7. The number of unbranched alkanes of at least 4 members (excludes halogenated alkanes) is 2. The largest absolute Gasteiger partial charge is 0.494 e. The van der Waals surface area contributed by atoms with Crippen LogP contribution < -0.4 is 4.74 Å². The van der Waals surface area contributed by atoms with Crippen LogP contribution >= 0.6 is 0 Å². The fourth-order valence-corrected chi connectivity index (χ4v) is 3.32. The van der Waals surface area contributed by atoms with Gasteiger partial charge in [0.15, 0.2) is 0 Å². The lowest BCUT2D eigenvalue weighted by molar-refractivity contribution is 0.301. The van der Waals surface area contributed by atoms with Crippen molar-refractivity contribution in [1.29, 1.82) is 0 Å².